The van der Waals surface area contributed by atoms with E-state index < -0.39 is 15.8 Å². The molecule has 2 N–H and O–H groups in total. The monoisotopic (exact) mass is 314 g/mol. The number of sulfonamides is 1. The third kappa shape index (κ3) is 3.62. The Hall–Kier alpha value is -0.980. The second-order valence-corrected chi connectivity index (χ2v) is 7.58. The fourth-order valence-electron chi connectivity index (χ4n) is 2.71. The van der Waals surface area contributed by atoms with Gasteiger partial charge in [0.25, 0.3) is 0 Å². The molecule has 2 rings (SSSR count). The van der Waals surface area contributed by atoms with E-state index in [1.165, 1.54) is 24.6 Å². The van der Waals surface area contributed by atoms with E-state index in [0.29, 0.717) is 18.7 Å². The molecule has 0 aromatic heterocycles. The summed E-state index contributed by atoms with van der Waals surface area (Å²) >= 11 is 0. The van der Waals surface area contributed by atoms with E-state index in [-0.39, 0.29) is 10.3 Å². The van der Waals surface area contributed by atoms with Crippen LogP contribution in [0.1, 0.15) is 38.2 Å². The molecule has 0 unspecified atom stereocenters. The van der Waals surface area contributed by atoms with Gasteiger partial charge in [-0.05, 0) is 49.9 Å². The Morgan fingerprint density at radius 3 is 2.57 bits per heavy atom. The second-order valence-electron chi connectivity index (χ2n) is 5.82. The van der Waals surface area contributed by atoms with E-state index in [2.05, 4.69) is 17.0 Å². The van der Waals surface area contributed by atoms with Crippen LogP contribution in [-0.4, -0.2) is 22.0 Å². The summed E-state index contributed by atoms with van der Waals surface area (Å²) in [5.41, 5.74) is 0.468. The zero-order chi connectivity index (χ0) is 15.5. The number of hydrogen-bond acceptors (Lipinski definition) is 3. The lowest BCUT2D eigenvalue weighted by molar-refractivity contribution is 0.133. The van der Waals surface area contributed by atoms with Gasteiger partial charge in [0.05, 0.1) is 4.90 Å². The molecule has 0 atom stereocenters. The predicted octanol–water partition coefficient (Wildman–Crippen LogP) is 2.40. The Kier molecular flexibility index (Phi) is 5.01. The Balaban J connectivity index is 2.13. The molecular formula is C15H23FN2O2S. The highest BCUT2D eigenvalue weighted by Crippen LogP contribution is 2.43. The van der Waals surface area contributed by atoms with Crippen LogP contribution in [0.25, 0.3) is 0 Å². The topological polar surface area (TPSA) is 58.2 Å². The van der Waals surface area contributed by atoms with E-state index in [9.17, 15) is 12.8 Å². The van der Waals surface area contributed by atoms with Crippen LogP contribution < -0.4 is 10.0 Å². The van der Waals surface area contributed by atoms with E-state index in [0.717, 1.165) is 19.3 Å². The molecule has 0 radical (unpaired) electrons. The molecule has 0 heterocycles. The standard InChI is InChI=1S/C15H23FN2O2S/c1-3-15(7-4-8-15)11-18-21(19,20)13-5-6-14(16)12(9-13)10-17-2/h5-6,9,17-18H,3-4,7-8,10-11H2,1-2H3. The molecule has 1 aromatic carbocycles. The maximum atomic E-state index is 13.6. The average Bonchev–Trinajstić information content (AvgIpc) is 2.40. The van der Waals surface area contributed by atoms with Gasteiger partial charge in [-0.1, -0.05) is 13.3 Å². The van der Waals surface area contributed by atoms with Crippen molar-refractivity contribution in [3.8, 4) is 0 Å². The molecule has 21 heavy (non-hydrogen) atoms. The van der Waals surface area contributed by atoms with Crippen molar-refractivity contribution < 1.29 is 12.8 Å². The van der Waals surface area contributed by atoms with Crippen LogP contribution >= 0.6 is 0 Å². The average molecular weight is 314 g/mol. The molecule has 118 valence electrons. The van der Waals surface area contributed by atoms with Gasteiger partial charge in [0.15, 0.2) is 0 Å². The summed E-state index contributed by atoms with van der Waals surface area (Å²) in [6, 6.07) is 3.92. The Bertz CT molecular complexity index is 592. The maximum Gasteiger partial charge on any atom is 0.240 e. The van der Waals surface area contributed by atoms with Crippen LogP contribution in [0.15, 0.2) is 23.1 Å². The zero-order valence-corrected chi connectivity index (χ0v) is 13.4. The lowest BCUT2D eigenvalue weighted by Crippen LogP contribution is -2.41. The fraction of sp³-hybridized carbons (Fsp3) is 0.600. The van der Waals surface area contributed by atoms with E-state index in [1.54, 1.807) is 7.05 Å². The Morgan fingerprint density at radius 1 is 1.33 bits per heavy atom. The van der Waals surface area contributed by atoms with Crippen LogP contribution in [0.2, 0.25) is 0 Å². The fourth-order valence-corrected chi connectivity index (χ4v) is 3.92. The van der Waals surface area contributed by atoms with Crippen LogP contribution in [0, 0.1) is 11.2 Å². The minimum Gasteiger partial charge on any atom is -0.316 e. The first-order valence-electron chi connectivity index (χ1n) is 7.35. The predicted molar refractivity (Wildman–Crippen MR) is 80.9 cm³/mol. The largest absolute Gasteiger partial charge is 0.316 e. The molecule has 0 saturated heterocycles. The smallest absolute Gasteiger partial charge is 0.240 e. The molecule has 1 aliphatic rings. The summed E-state index contributed by atoms with van der Waals surface area (Å²) in [6.45, 7) is 2.86. The summed E-state index contributed by atoms with van der Waals surface area (Å²) < 4.78 is 41.0. The van der Waals surface area contributed by atoms with Crippen molar-refractivity contribution in [1.82, 2.24) is 10.0 Å². The van der Waals surface area contributed by atoms with Gasteiger partial charge in [-0.15, -0.1) is 0 Å². The third-order valence-electron chi connectivity index (χ3n) is 4.50. The van der Waals surface area contributed by atoms with E-state index in [1.807, 2.05) is 0 Å². The SMILES string of the molecule is CCC1(CNS(=O)(=O)c2ccc(F)c(CNC)c2)CCC1. The molecule has 0 bridgehead atoms. The summed E-state index contributed by atoms with van der Waals surface area (Å²) in [7, 11) is -1.89. The Labute approximate surface area is 126 Å². The molecule has 0 spiro atoms. The van der Waals surface area contributed by atoms with E-state index in [4.69, 9.17) is 0 Å². The summed E-state index contributed by atoms with van der Waals surface area (Å²) in [4.78, 5) is 0.125. The van der Waals surface area contributed by atoms with E-state index >= 15 is 0 Å². The maximum absolute atomic E-state index is 13.6. The lowest BCUT2D eigenvalue weighted by Gasteiger charge is -2.41. The third-order valence-corrected chi connectivity index (χ3v) is 5.90. The normalized spacial score (nSPS) is 17.5. The molecule has 0 amide bonds. The van der Waals surface area contributed by atoms with Crippen molar-refractivity contribution in [3.63, 3.8) is 0 Å². The van der Waals surface area contributed by atoms with Crippen LogP contribution in [0.4, 0.5) is 4.39 Å². The molecular weight excluding hydrogens is 291 g/mol. The van der Waals surface area contributed by atoms with Crippen LogP contribution in [-0.2, 0) is 16.6 Å². The highest BCUT2D eigenvalue weighted by Gasteiger charge is 2.36. The van der Waals surface area contributed by atoms with Crippen molar-refractivity contribution in [2.45, 2.75) is 44.0 Å². The first kappa shape index (κ1) is 16.4. The van der Waals surface area contributed by atoms with Crippen LogP contribution in [0.5, 0.6) is 0 Å². The molecule has 0 aliphatic heterocycles. The first-order chi connectivity index (χ1) is 9.92. The van der Waals surface area contributed by atoms with Crippen molar-refractivity contribution >= 4 is 10.0 Å². The number of nitrogens with one attached hydrogen (secondary N) is 2. The van der Waals surface area contributed by atoms with Gasteiger partial charge in [-0.3, -0.25) is 0 Å². The number of halogens is 1. The molecule has 1 saturated carbocycles. The van der Waals surface area contributed by atoms with Gasteiger partial charge >= 0.3 is 0 Å². The molecule has 4 nitrogen and oxygen atoms in total. The lowest BCUT2D eigenvalue weighted by atomic mass is 9.67. The van der Waals surface area contributed by atoms with Crippen molar-refractivity contribution in [2.75, 3.05) is 13.6 Å². The summed E-state index contributed by atoms with van der Waals surface area (Å²) in [6.07, 6.45) is 4.28. The number of hydrogen-bond donors (Lipinski definition) is 2. The highest BCUT2D eigenvalue weighted by atomic mass is 32.2. The first-order valence-corrected chi connectivity index (χ1v) is 8.83. The minimum absolute atomic E-state index is 0.112. The molecule has 1 aromatic rings. The van der Waals surface area contributed by atoms with Gasteiger partial charge in [0.1, 0.15) is 5.82 Å². The second kappa shape index (κ2) is 6.42. The van der Waals surface area contributed by atoms with Crippen molar-refractivity contribution in [1.29, 1.82) is 0 Å². The van der Waals surface area contributed by atoms with Crippen molar-refractivity contribution in [3.05, 3.63) is 29.6 Å². The van der Waals surface area contributed by atoms with Crippen LogP contribution in [0.3, 0.4) is 0 Å². The number of benzene rings is 1. The minimum atomic E-state index is -3.58. The highest BCUT2D eigenvalue weighted by molar-refractivity contribution is 7.89. The van der Waals surface area contributed by atoms with Gasteiger partial charge in [-0.2, -0.15) is 0 Å². The quantitative estimate of drug-likeness (QED) is 0.812. The Morgan fingerprint density at radius 2 is 2.05 bits per heavy atom. The molecule has 1 aliphatic carbocycles. The zero-order valence-electron chi connectivity index (χ0n) is 12.6. The van der Waals surface area contributed by atoms with Gasteiger partial charge in [0.2, 0.25) is 10.0 Å². The summed E-state index contributed by atoms with van der Waals surface area (Å²) in [5.74, 6) is -0.396. The molecule has 1 fully saturated rings. The van der Waals surface area contributed by atoms with Crippen molar-refractivity contribution in [2.24, 2.45) is 5.41 Å². The number of rotatable bonds is 7. The molecule has 6 heteroatoms. The van der Waals surface area contributed by atoms with Gasteiger partial charge < -0.3 is 5.32 Å². The van der Waals surface area contributed by atoms with Gasteiger partial charge in [-0.25, -0.2) is 17.5 Å². The summed E-state index contributed by atoms with van der Waals surface area (Å²) in [5, 5.41) is 2.83. The van der Waals surface area contributed by atoms with Gasteiger partial charge in [0, 0.05) is 18.7 Å².